The van der Waals surface area contributed by atoms with Crippen molar-refractivity contribution in [1.82, 2.24) is 4.90 Å². The molecule has 0 saturated heterocycles. The summed E-state index contributed by atoms with van der Waals surface area (Å²) in [6.45, 7) is 0.800. The molecule has 27 heavy (non-hydrogen) atoms. The second-order valence-electron chi connectivity index (χ2n) is 6.11. The van der Waals surface area contributed by atoms with Crippen LogP contribution in [0.4, 0.5) is 5.69 Å². The first-order chi connectivity index (χ1) is 13.1. The van der Waals surface area contributed by atoms with Crippen molar-refractivity contribution in [2.45, 2.75) is 13.0 Å². The molecule has 0 spiro atoms. The maximum Gasteiger partial charge on any atom is 0.314 e. The van der Waals surface area contributed by atoms with Gasteiger partial charge in [0.1, 0.15) is 5.75 Å². The van der Waals surface area contributed by atoms with Crippen molar-refractivity contribution in [3.63, 3.8) is 0 Å². The second-order valence-corrected chi connectivity index (χ2v) is 6.11. The Labute approximate surface area is 157 Å². The average molecular weight is 370 g/mol. The van der Waals surface area contributed by atoms with Crippen molar-refractivity contribution < 1.29 is 23.8 Å². The zero-order chi connectivity index (χ0) is 19.4. The van der Waals surface area contributed by atoms with Gasteiger partial charge in [-0.25, -0.2) is 0 Å². The highest BCUT2D eigenvalue weighted by Crippen LogP contribution is 2.33. The van der Waals surface area contributed by atoms with Gasteiger partial charge in [0, 0.05) is 13.1 Å². The van der Waals surface area contributed by atoms with Crippen LogP contribution in [0.2, 0.25) is 0 Å². The number of hydrogen-bond acceptors (Lipinski definition) is 5. The molecule has 0 saturated carbocycles. The fraction of sp³-hybridized carbons (Fsp3) is 0.300. The number of anilines is 1. The van der Waals surface area contributed by atoms with E-state index in [9.17, 15) is 9.59 Å². The molecule has 2 amide bonds. The topological polar surface area (TPSA) is 77.1 Å². The van der Waals surface area contributed by atoms with Gasteiger partial charge in [-0.2, -0.15) is 0 Å². The van der Waals surface area contributed by atoms with Crippen molar-refractivity contribution in [3.8, 4) is 17.2 Å². The number of carbonyl (C=O) groups excluding carboxylic acids is 2. The predicted molar refractivity (Wildman–Crippen MR) is 100 cm³/mol. The average Bonchev–Trinajstić information content (AvgIpc) is 2.71. The Morgan fingerprint density at radius 2 is 1.56 bits per heavy atom. The van der Waals surface area contributed by atoms with E-state index in [0.29, 0.717) is 42.4 Å². The Hall–Kier alpha value is -3.22. The van der Waals surface area contributed by atoms with Gasteiger partial charge in [0.15, 0.2) is 11.5 Å². The fourth-order valence-corrected chi connectivity index (χ4v) is 3.12. The predicted octanol–water partition coefficient (Wildman–Crippen LogP) is 2.24. The lowest BCUT2D eigenvalue weighted by atomic mass is 9.98. The minimum Gasteiger partial charge on any atom is -0.495 e. The van der Waals surface area contributed by atoms with Crippen LogP contribution < -0.4 is 19.5 Å². The number of nitrogens with zero attached hydrogens (tertiary/aromatic N) is 1. The lowest BCUT2D eigenvalue weighted by molar-refractivity contribution is -0.143. The molecule has 3 rings (SSSR count). The molecule has 0 fully saturated rings. The van der Waals surface area contributed by atoms with Gasteiger partial charge >= 0.3 is 11.8 Å². The van der Waals surface area contributed by atoms with Crippen molar-refractivity contribution in [1.29, 1.82) is 0 Å². The minimum absolute atomic E-state index is 0.341. The maximum absolute atomic E-state index is 12.6. The summed E-state index contributed by atoms with van der Waals surface area (Å²) in [6.07, 6.45) is 0.642. The summed E-state index contributed by atoms with van der Waals surface area (Å²) in [5.41, 5.74) is 2.49. The minimum atomic E-state index is -0.691. The summed E-state index contributed by atoms with van der Waals surface area (Å²) >= 11 is 0. The number of methoxy groups -OCH3 is 3. The molecule has 0 aliphatic carbocycles. The molecule has 142 valence electrons. The van der Waals surface area contributed by atoms with Crippen molar-refractivity contribution in [2.75, 3.05) is 33.2 Å². The van der Waals surface area contributed by atoms with E-state index in [4.69, 9.17) is 14.2 Å². The lowest BCUT2D eigenvalue weighted by Crippen LogP contribution is -2.42. The van der Waals surface area contributed by atoms with Gasteiger partial charge in [0.05, 0.1) is 27.0 Å². The summed E-state index contributed by atoms with van der Waals surface area (Å²) in [6, 6.07) is 10.7. The number of hydrogen-bond donors (Lipinski definition) is 1. The normalized spacial score (nSPS) is 12.8. The molecule has 0 atom stereocenters. The molecule has 0 radical (unpaired) electrons. The molecular formula is C20H22N2O5. The first-order valence-corrected chi connectivity index (χ1v) is 8.54. The van der Waals surface area contributed by atoms with Crippen molar-refractivity contribution in [3.05, 3.63) is 47.5 Å². The quantitative estimate of drug-likeness (QED) is 0.836. The van der Waals surface area contributed by atoms with Crippen LogP contribution in [0.15, 0.2) is 36.4 Å². The number of nitrogens with one attached hydrogen (secondary N) is 1. The first kappa shape index (κ1) is 18.6. The largest absolute Gasteiger partial charge is 0.495 e. The highest BCUT2D eigenvalue weighted by molar-refractivity contribution is 6.39. The molecule has 0 bridgehead atoms. The van der Waals surface area contributed by atoms with E-state index in [1.165, 1.54) is 12.0 Å². The van der Waals surface area contributed by atoms with Crippen molar-refractivity contribution in [2.24, 2.45) is 0 Å². The Kier molecular flexibility index (Phi) is 5.49. The zero-order valence-corrected chi connectivity index (χ0v) is 15.6. The van der Waals surface area contributed by atoms with Gasteiger partial charge in [0.25, 0.3) is 0 Å². The number of amides is 2. The fourth-order valence-electron chi connectivity index (χ4n) is 3.12. The van der Waals surface area contributed by atoms with Crippen LogP contribution in [-0.2, 0) is 22.6 Å². The molecular weight excluding hydrogens is 348 g/mol. The highest BCUT2D eigenvalue weighted by atomic mass is 16.5. The van der Waals surface area contributed by atoms with Crippen LogP contribution in [-0.4, -0.2) is 44.6 Å². The molecule has 7 heteroatoms. The lowest BCUT2D eigenvalue weighted by Gasteiger charge is -2.29. The highest BCUT2D eigenvalue weighted by Gasteiger charge is 2.27. The summed E-state index contributed by atoms with van der Waals surface area (Å²) in [4.78, 5) is 26.5. The van der Waals surface area contributed by atoms with Crippen molar-refractivity contribution >= 4 is 17.5 Å². The van der Waals surface area contributed by atoms with Crippen LogP contribution in [0.1, 0.15) is 11.1 Å². The van der Waals surface area contributed by atoms with Gasteiger partial charge in [-0.3, -0.25) is 9.59 Å². The summed E-state index contributed by atoms with van der Waals surface area (Å²) < 4.78 is 15.8. The number of rotatable bonds is 4. The molecule has 1 N–H and O–H groups in total. The standard InChI is InChI=1S/C20H22N2O5/c1-25-16-7-5-4-6-15(16)21-19(23)20(24)22-9-8-13-10-17(26-2)18(27-3)11-14(13)12-22/h4-7,10-11H,8-9,12H2,1-3H3,(H,21,23). The van der Waals surface area contributed by atoms with Crippen LogP contribution in [0, 0.1) is 0 Å². The summed E-state index contributed by atoms with van der Waals surface area (Å²) in [7, 11) is 4.66. The van der Waals surface area contributed by atoms with E-state index in [0.717, 1.165) is 11.1 Å². The number of para-hydroxylation sites is 2. The molecule has 0 unspecified atom stereocenters. The summed E-state index contributed by atoms with van der Waals surface area (Å²) in [5.74, 6) is 0.484. The van der Waals surface area contributed by atoms with E-state index in [1.54, 1.807) is 38.5 Å². The third-order valence-electron chi connectivity index (χ3n) is 4.55. The van der Waals surface area contributed by atoms with Crippen LogP contribution >= 0.6 is 0 Å². The van der Waals surface area contributed by atoms with E-state index in [1.807, 2.05) is 12.1 Å². The number of carbonyl (C=O) groups is 2. The van der Waals surface area contributed by atoms with E-state index >= 15 is 0 Å². The van der Waals surface area contributed by atoms with Crippen LogP contribution in [0.5, 0.6) is 17.2 Å². The molecule has 1 aliphatic heterocycles. The monoisotopic (exact) mass is 370 g/mol. The number of fused-ring (bicyclic) bond motifs is 1. The smallest absolute Gasteiger partial charge is 0.314 e. The van der Waals surface area contributed by atoms with Gasteiger partial charge < -0.3 is 24.4 Å². The third kappa shape index (κ3) is 3.81. The SMILES string of the molecule is COc1ccccc1NC(=O)C(=O)N1CCc2cc(OC)c(OC)cc2C1. The molecule has 0 aromatic heterocycles. The zero-order valence-electron chi connectivity index (χ0n) is 15.6. The van der Waals surface area contributed by atoms with E-state index in [-0.39, 0.29) is 0 Å². The molecule has 2 aromatic carbocycles. The first-order valence-electron chi connectivity index (χ1n) is 8.54. The molecule has 2 aromatic rings. The Bertz CT molecular complexity index is 865. The van der Waals surface area contributed by atoms with Gasteiger partial charge in [-0.05, 0) is 41.8 Å². The molecule has 7 nitrogen and oxygen atoms in total. The number of benzene rings is 2. The number of ether oxygens (including phenoxy) is 3. The third-order valence-corrected chi connectivity index (χ3v) is 4.55. The van der Waals surface area contributed by atoms with E-state index < -0.39 is 11.8 Å². The van der Waals surface area contributed by atoms with Crippen LogP contribution in [0.25, 0.3) is 0 Å². The van der Waals surface area contributed by atoms with E-state index in [2.05, 4.69) is 5.32 Å². The maximum atomic E-state index is 12.6. The van der Waals surface area contributed by atoms with Gasteiger partial charge in [-0.1, -0.05) is 12.1 Å². The second kappa shape index (κ2) is 7.99. The van der Waals surface area contributed by atoms with Gasteiger partial charge in [-0.15, -0.1) is 0 Å². The summed E-state index contributed by atoms with van der Waals surface area (Å²) in [5, 5.41) is 2.62. The molecule has 1 heterocycles. The van der Waals surface area contributed by atoms with Crippen LogP contribution in [0.3, 0.4) is 0 Å². The Morgan fingerprint density at radius 1 is 0.926 bits per heavy atom. The Morgan fingerprint density at radius 3 is 2.22 bits per heavy atom. The van der Waals surface area contributed by atoms with Gasteiger partial charge in [0.2, 0.25) is 0 Å². The molecule has 1 aliphatic rings. The Balaban J connectivity index is 1.74.